The molecule has 1 saturated heterocycles. The Balaban J connectivity index is 1.23. The highest BCUT2D eigenvalue weighted by atomic mass is 16.5. The van der Waals surface area contributed by atoms with Crippen LogP contribution in [0.15, 0.2) is 24.3 Å². The number of hydrogen-bond acceptors (Lipinski definition) is 5. The normalized spacial score (nSPS) is 20.8. The molecule has 1 aromatic rings. The van der Waals surface area contributed by atoms with Crippen molar-refractivity contribution in [2.24, 2.45) is 0 Å². The van der Waals surface area contributed by atoms with Gasteiger partial charge in [-0.15, -0.1) is 0 Å². The molecule has 1 aliphatic heterocycles. The van der Waals surface area contributed by atoms with E-state index < -0.39 is 17.5 Å². The fourth-order valence-corrected chi connectivity index (χ4v) is 5.08. The number of nitrogens with zero attached hydrogens (tertiary/aromatic N) is 1. The second-order valence-electron chi connectivity index (χ2n) is 8.97. The molecule has 2 saturated carbocycles. The fourth-order valence-electron chi connectivity index (χ4n) is 5.08. The molecule has 3 fully saturated rings. The Hall–Kier alpha value is -2.70. The molecule has 166 valence electrons. The molecule has 7 nitrogen and oxygen atoms in total. The molecule has 1 N–H and O–H groups in total. The Morgan fingerprint density at radius 3 is 2.35 bits per heavy atom. The van der Waals surface area contributed by atoms with Crippen molar-refractivity contribution in [3.8, 4) is 0 Å². The van der Waals surface area contributed by atoms with Gasteiger partial charge in [-0.05, 0) is 37.2 Å². The van der Waals surface area contributed by atoms with Gasteiger partial charge in [0, 0.05) is 12.1 Å². The van der Waals surface area contributed by atoms with Crippen LogP contribution in [0.1, 0.15) is 86.0 Å². The number of carbonyl (C=O) groups excluding carboxylic acids is 4. The third-order valence-electron chi connectivity index (χ3n) is 6.92. The van der Waals surface area contributed by atoms with Crippen molar-refractivity contribution in [1.29, 1.82) is 0 Å². The van der Waals surface area contributed by atoms with Crippen LogP contribution in [0.5, 0.6) is 0 Å². The summed E-state index contributed by atoms with van der Waals surface area (Å²) in [4.78, 5) is 50.3. The van der Waals surface area contributed by atoms with E-state index in [4.69, 9.17) is 4.74 Å². The molecular formula is C24H30N2O5. The van der Waals surface area contributed by atoms with E-state index in [1.807, 2.05) is 12.1 Å². The van der Waals surface area contributed by atoms with E-state index in [1.165, 1.54) is 37.7 Å². The molecule has 2 aliphatic carbocycles. The van der Waals surface area contributed by atoms with Gasteiger partial charge in [-0.3, -0.25) is 19.3 Å². The van der Waals surface area contributed by atoms with Crippen molar-refractivity contribution >= 4 is 23.7 Å². The van der Waals surface area contributed by atoms with E-state index in [0.717, 1.165) is 17.7 Å². The number of amides is 3. The molecule has 1 heterocycles. The van der Waals surface area contributed by atoms with Crippen LogP contribution in [-0.4, -0.2) is 47.3 Å². The number of rotatable bonds is 7. The van der Waals surface area contributed by atoms with Crippen LogP contribution in [0.4, 0.5) is 4.79 Å². The van der Waals surface area contributed by atoms with Crippen LogP contribution in [0, 0.1) is 0 Å². The second kappa shape index (κ2) is 9.20. The molecule has 0 atom stereocenters. The van der Waals surface area contributed by atoms with Gasteiger partial charge in [-0.25, -0.2) is 4.79 Å². The lowest BCUT2D eigenvalue weighted by Crippen LogP contribution is -2.44. The minimum Gasteiger partial charge on any atom is -0.457 e. The summed E-state index contributed by atoms with van der Waals surface area (Å²) >= 11 is 0. The van der Waals surface area contributed by atoms with Crippen molar-refractivity contribution in [2.75, 3.05) is 13.2 Å². The third-order valence-corrected chi connectivity index (χ3v) is 6.92. The topological polar surface area (TPSA) is 92.8 Å². The molecule has 0 radical (unpaired) electrons. The van der Waals surface area contributed by atoms with Crippen LogP contribution >= 0.6 is 0 Å². The molecule has 1 spiro atoms. The molecular weight excluding hydrogens is 396 g/mol. The molecule has 0 aromatic heterocycles. The zero-order chi connectivity index (χ0) is 21.8. The van der Waals surface area contributed by atoms with Crippen molar-refractivity contribution in [1.82, 2.24) is 10.2 Å². The smallest absolute Gasteiger partial charge is 0.325 e. The lowest BCUT2D eigenvalue weighted by Gasteiger charge is -2.22. The van der Waals surface area contributed by atoms with Crippen LogP contribution in [0.25, 0.3) is 0 Å². The molecule has 3 amide bonds. The van der Waals surface area contributed by atoms with Gasteiger partial charge in [-0.1, -0.05) is 56.4 Å². The highest BCUT2D eigenvalue weighted by Crippen LogP contribution is 2.35. The summed E-state index contributed by atoms with van der Waals surface area (Å²) in [5.74, 6) is -0.537. The van der Waals surface area contributed by atoms with E-state index in [-0.39, 0.29) is 31.3 Å². The lowest BCUT2D eigenvalue weighted by atomic mass is 9.84. The molecule has 1 aromatic carbocycles. The third kappa shape index (κ3) is 4.65. The molecule has 4 rings (SSSR count). The summed E-state index contributed by atoms with van der Waals surface area (Å²) in [6.45, 7) is -0.374. The standard InChI is InChI=1S/C24H30N2O5/c27-20(19-10-8-18(9-11-19)17-6-2-1-3-7-17)16-31-21(28)12-15-26-22(29)24(25-23(26)30)13-4-5-14-24/h8-11,17H,1-7,12-16H2,(H,25,30). The largest absolute Gasteiger partial charge is 0.457 e. The number of benzene rings is 1. The van der Waals surface area contributed by atoms with E-state index >= 15 is 0 Å². The molecule has 31 heavy (non-hydrogen) atoms. The quantitative estimate of drug-likeness (QED) is 0.408. The Morgan fingerprint density at radius 1 is 1.00 bits per heavy atom. The molecule has 7 heteroatoms. The zero-order valence-electron chi connectivity index (χ0n) is 17.9. The van der Waals surface area contributed by atoms with Gasteiger partial charge in [0.2, 0.25) is 0 Å². The number of urea groups is 1. The number of nitrogens with one attached hydrogen (secondary N) is 1. The highest BCUT2D eigenvalue weighted by Gasteiger charge is 2.52. The predicted molar refractivity (Wildman–Crippen MR) is 114 cm³/mol. The minimum atomic E-state index is -0.777. The van der Waals surface area contributed by atoms with Crippen LogP contribution in [0.3, 0.4) is 0 Å². The van der Waals surface area contributed by atoms with Gasteiger partial charge in [0.15, 0.2) is 12.4 Å². The van der Waals surface area contributed by atoms with Crippen molar-refractivity contribution in [3.63, 3.8) is 0 Å². The summed E-state index contributed by atoms with van der Waals surface area (Å²) in [6, 6.07) is 7.15. The van der Waals surface area contributed by atoms with Crippen molar-refractivity contribution in [2.45, 2.75) is 75.7 Å². The van der Waals surface area contributed by atoms with Gasteiger partial charge in [0.25, 0.3) is 5.91 Å². The van der Waals surface area contributed by atoms with Gasteiger partial charge in [0.05, 0.1) is 6.42 Å². The van der Waals surface area contributed by atoms with Crippen LogP contribution in [-0.2, 0) is 14.3 Å². The van der Waals surface area contributed by atoms with Gasteiger partial charge in [0.1, 0.15) is 5.54 Å². The number of carbonyl (C=O) groups is 4. The summed E-state index contributed by atoms with van der Waals surface area (Å²) in [5, 5.41) is 2.78. The van der Waals surface area contributed by atoms with Crippen molar-refractivity contribution in [3.05, 3.63) is 35.4 Å². The number of hydrogen-bond donors (Lipinski definition) is 1. The van der Waals surface area contributed by atoms with Crippen LogP contribution in [0.2, 0.25) is 0 Å². The zero-order valence-corrected chi connectivity index (χ0v) is 17.9. The molecule has 0 bridgehead atoms. The Kier molecular flexibility index (Phi) is 6.39. The number of ether oxygens (including phenoxy) is 1. The van der Waals surface area contributed by atoms with E-state index in [2.05, 4.69) is 5.32 Å². The lowest BCUT2D eigenvalue weighted by molar-refractivity contribution is -0.143. The molecule has 0 unspecified atom stereocenters. The molecule has 3 aliphatic rings. The average Bonchev–Trinajstić information content (AvgIpc) is 3.36. The van der Waals surface area contributed by atoms with Crippen LogP contribution < -0.4 is 5.32 Å². The maximum absolute atomic E-state index is 12.6. The maximum atomic E-state index is 12.6. The number of ketones is 1. The number of Topliss-reactive ketones (excluding diaryl/α,β-unsaturated/α-hetero) is 1. The highest BCUT2D eigenvalue weighted by molar-refractivity contribution is 6.07. The summed E-state index contributed by atoms with van der Waals surface area (Å²) < 4.78 is 5.09. The van der Waals surface area contributed by atoms with Gasteiger partial charge in [-0.2, -0.15) is 0 Å². The predicted octanol–water partition coefficient (Wildman–Crippen LogP) is 3.71. The van der Waals surface area contributed by atoms with E-state index in [9.17, 15) is 19.2 Å². The second-order valence-corrected chi connectivity index (χ2v) is 8.97. The van der Waals surface area contributed by atoms with Crippen molar-refractivity contribution < 1.29 is 23.9 Å². The maximum Gasteiger partial charge on any atom is 0.325 e. The first-order valence-electron chi connectivity index (χ1n) is 11.4. The Morgan fingerprint density at radius 2 is 1.68 bits per heavy atom. The van der Waals surface area contributed by atoms with E-state index in [0.29, 0.717) is 24.3 Å². The fraction of sp³-hybridized carbons (Fsp3) is 0.583. The summed E-state index contributed by atoms with van der Waals surface area (Å²) in [5.41, 5.74) is 1.01. The first kappa shape index (κ1) is 21.5. The van der Waals surface area contributed by atoms with Gasteiger partial charge >= 0.3 is 12.0 Å². The number of imide groups is 1. The number of esters is 1. The summed E-state index contributed by atoms with van der Waals surface area (Å²) in [7, 11) is 0. The monoisotopic (exact) mass is 426 g/mol. The Bertz CT molecular complexity index is 851. The summed E-state index contributed by atoms with van der Waals surface area (Å²) in [6.07, 6.45) is 9.20. The average molecular weight is 427 g/mol. The first-order valence-corrected chi connectivity index (χ1v) is 11.4. The Labute approximate surface area is 182 Å². The SMILES string of the molecule is O=C(CCN1C(=O)NC2(CCCC2)C1=O)OCC(=O)c1ccc(C2CCCCC2)cc1. The minimum absolute atomic E-state index is 0.0322. The van der Waals surface area contributed by atoms with Gasteiger partial charge < -0.3 is 10.1 Å². The first-order chi connectivity index (χ1) is 15.0. The van der Waals surface area contributed by atoms with E-state index in [1.54, 1.807) is 12.1 Å².